The Morgan fingerprint density at radius 2 is 1.93 bits per heavy atom. The minimum Gasteiger partial charge on any atom is -0.354 e. The number of hydrogen-bond acceptors (Lipinski definition) is 4. The van der Waals surface area contributed by atoms with Gasteiger partial charge in [0.1, 0.15) is 6.04 Å². The minimum absolute atomic E-state index is 0.000505. The molecule has 1 aromatic rings. The van der Waals surface area contributed by atoms with Gasteiger partial charge < -0.3 is 20.9 Å². The van der Waals surface area contributed by atoms with Crippen molar-refractivity contribution < 1.29 is 14.4 Å². The van der Waals surface area contributed by atoms with Crippen molar-refractivity contribution >= 4 is 29.2 Å². The predicted molar refractivity (Wildman–Crippen MR) is 111 cm³/mol. The maximum Gasteiger partial charge on any atom is 0.317 e. The standard InChI is InChI=1S/C20H32N4O3S/c1-5-10-21-18(26)16(22-17(25)15-7-6-13-28-15)14-8-11-24(12-9-14)19(27)23-20(2,3)4/h6-7,13-14,16H,5,8-12H2,1-4H3,(H,21,26)(H,22,25)(H,23,27). The molecule has 0 spiro atoms. The molecule has 2 rings (SSSR count). The average molecular weight is 409 g/mol. The van der Waals surface area contributed by atoms with E-state index in [0.29, 0.717) is 37.4 Å². The molecule has 0 aromatic carbocycles. The molecule has 1 fully saturated rings. The fraction of sp³-hybridized carbons (Fsp3) is 0.650. The molecular weight excluding hydrogens is 376 g/mol. The van der Waals surface area contributed by atoms with Crippen molar-refractivity contribution in [2.45, 2.75) is 58.5 Å². The Balaban J connectivity index is 2.00. The number of hydrogen-bond donors (Lipinski definition) is 3. The Hall–Kier alpha value is -2.09. The van der Waals surface area contributed by atoms with Gasteiger partial charge in [0.25, 0.3) is 5.91 Å². The van der Waals surface area contributed by atoms with E-state index in [2.05, 4.69) is 16.0 Å². The van der Waals surface area contributed by atoms with E-state index in [1.165, 1.54) is 11.3 Å². The summed E-state index contributed by atoms with van der Waals surface area (Å²) in [5.41, 5.74) is -0.287. The van der Waals surface area contributed by atoms with E-state index in [4.69, 9.17) is 0 Å². The fourth-order valence-electron chi connectivity index (χ4n) is 3.21. The van der Waals surface area contributed by atoms with E-state index in [1.54, 1.807) is 11.0 Å². The summed E-state index contributed by atoms with van der Waals surface area (Å²) in [5.74, 6) is -0.372. The molecule has 1 atom stereocenters. The second-order valence-electron chi connectivity index (χ2n) is 8.22. The summed E-state index contributed by atoms with van der Waals surface area (Å²) in [6, 6.07) is 2.90. The number of rotatable bonds is 6. The quantitative estimate of drug-likeness (QED) is 0.676. The molecule has 4 amide bonds. The monoisotopic (exact) mass is 408 g/mol. The molecule has 1 aromatic heterocycles. The van der Waals surface area contributed by atoms with Crippen molar-refractivity contribution in [3.63, 3.8) is 0 Å². The second kappa shape index (κ2) is 9.91. The molecule has 0 saturated carbocycles. The van der Waals surface area contributed by atoms with Crippen LogP contribution in [0.1, 0.15) is 56.6 Å². The van der Waals surface area contributed by atoms with Gasteiger partial charge in [0.2, 0.25) is 5.91 Å². The smallest absolute Gasteiger partial charge is 0.317 e. The zero-order valence-electron chi connectivity index (χ0n) is 17.2. The first-order chi connectivity index (χ1) is 13.2. The molecule has 0 aliphatic carbocycles. The fourth-order valence-corrected chi connectivity index (χ4v) is 3.84. The molecule has 1 aliphatic rings. The minimum atomic E-state index is -0.589. The zero-order chi connectivity index (χ0) is 20.7. The third-order valence-corrected chi connectivity index (χ3v) is 5.51. The van der Waals surface area contributed by atoms with E-state index in [9.17, 15) is 14.4 Å². The predicted octanol–water partition coefficient (Wildman–Crippen LogP) is 2.59. The van der Waals surface area contributed by atoms with E-state index in [-0.39, 0.29) is 29.3 Å². The molecule has 7 nitrogen and oxygen atoms in total. The Morgan fingerprint density at radius 3 is 2.46 bits per heavy atom. The van der Waals surface area contributed by atoms with Crippen LogP contribution in [0, 0.1) is 5.92 Å². The van der Waals surface area contributed by atoms with Crippen LogP contribution in [0.4, 0.5) is 4.79 Å². The highest BCUT2D eigenvalue weighted by molar-refractivity contribution is 7.12. The third-order valence-electron chi connectivity index (χ3n) is 4.64. The summed E-state index contributed by atoms with van der Waals surface area (Å²) in [4.78, 5) is 39.9. The normalized spacial score (nSPS) is 16.4. The lowest BCUT2D eigenvalue weighted by molar-refractivity contribution is -0.124. The lowest BCUT2D eigenvalue weighted by atomic mass is 9.88. The third kappa shape index (κ3) is 6.51. The Kier molecular flexibility index (Phi) is 7.86. The van der Waals surface area contributed by atoms with E-state index >= 15 is 0 Å². The van der Waals surface area contributed by atoms with Crippen molar-refractivity contribution in [1.29, 1.82) is 0 Å². The number of nitrogens with zero attached hydrogens (tertiary/aromatic N) is 1. The first-order valence-electron chi connectivity index (χ1n) is 9.90. The van der Waals surface area contributed by atoms with Crippen LogP contribution in [0.5, 0.6) is 0 Å². The lowest BCUT2D eigenvalue weighted by Crippen LogP contribution is -2.55. The van der Waals surface area contributed by atoms with Crippen LogP contribution < -0.4 is 16.0 Å². The summed E-state index contributed by atoms with van der Waals surface area (Å²) >= 11 is 1.35. The molecule has 28 heavy (non-hydrogen) atoms. The van der Waals surface area contributed by atoms with Crippen molar-refractivity contribution in [3.05, 3.63) is 22.4 Å². The van der Waals surface area contributed by atoms with Gasteiger partial charge in [-0.05, 0) is 57.4 Å². The average Bonchev–Trinajstić information content (AvgIpc) is 3.17. The Labute approximate surface area is 171 Å². The number of carbonyl (C=O) groups is 3. The number of carbonyl (C=O) groups excluding carboxylic acids is 3. The largest absolute Gasteiger partial charge is 0.354 e. The summed E-state index contributed by atoms with van der Waals surface area (Å²) in [6.07, 6.45) is 2.18. The van der Waals surface area contributed by atoms with E-state index in [0.717, 1.165) is 6.42 Å². The highest BCUT2D eigenvalue weighted by atomic mass is 32.1. The number of amides is 4. The molecule has 3 N–H and O–H groups in total. The van der Waals surface area contributed by atoms with Gasteiger partial charge in [-0.3, -0.25) is 9.59 Å². The van der Waals surface area contributed by atoms with E-state index in [1.807, 2.05) is 39.1 Å². The van der Waals surface area contributed by atoms with Gasteiger partial charge in [-0.1, -0.05) is 13.0 Å². The van der Waals surface area contributed by atoms with Gasteiger partial charge in [0.15, 0.2) is 0 Å². The summed E-state index contributed by atoms with van der Waals surface area (Å²) in [6.45, 7) is 9.56. The number of likely N-dealkylation sites (tertiary alicyclic amines) is 1. The van der Waals surface area contributed by atoms with Crippen molar-refractivity contribution in [2.24, 2.45) is 5.92 Å². The summed E-state index contributed by atoms with van der Waals surface area (Å²) < 4.78 is 0. The van der Waals surface area contributed by atoms with Gasteiger partial charge in [-0.15, -0.1) is 11.3 Å². The maximum atomic E-state index is 12.7. The molecule has 1 aliphatic heterocycles. The number of piperidine rings is 1. The maximum absolute atomic E-state index is 12.7. The summed E-state index contributed by atoms with van der Waals surface area (Å²) in [7, 11) is 0. The lowest BCUT2D eigenvalue weighted by Gasteiger charge is -2.37. The first kappa shape index (κ1) is 22.2. The van der Waals surface area contributed by atoms with Crippen molar-refractivity contribution in [2.75, 3.05) is 19.6 Å². The highest BCUT2D eigenvalue weighted by Gasteiger charge is 2.34. The SMILES string of the molecule is CCCNC(=O)C(NC(=O)c1cccs1)C1CCN(C(=O)NC(C)(C)C)CC1. The molecule has 1 saturated heterocycles. The van der Waals surface area contributed by atoms with Crippen LogP contribution in [-0.4, -0.2) is 54.0 Å². The molecule has 0 bridgehead atoms. The van der Waals surface area contributed by atoms with Crippen LogP contribution >= 0.6 is 11.3 Å². The van der Waals surface area contributed by atoms with Gasteiger partial charge in [0, 0.05) is 25.2 Å². The highest BCUT2D eigenvalue weighted by Crippen LogP contribution is 2.22. The number of thiophene rings is 1. The number of nitrogens with one attached hydrogen (secondary N) is 3. The van der Waals surface area contributed by atoms with Crippen molar-refractivity contribution in [3.8, 4) is 0 Å². The van der Waals surface area contributed by atoms with Gasteiger partial charge in [-0.2, -0.15) is 0 Å². The van der Waals surface area contributed by atoms with Gasteiger partial charge >= 0.3 is 6.03 Å². The van der Waals surface area contributed by atoms with Crippen LogP contribution in [0.25, 0.3) is 0 Å². The Morgan fingerprint density at radius 1 is 1.25 bits per heavy atom. The molecule has 1 unspecified atom stereocenters. The molecule has 8 heteroatoms. The van der Waals surface area contributed by atoms with Gasteiger partial charge in [-0.25, -0.2) is 4.79 Å². The zero-order valence-corrected chi connectivity index (χ0v) is 18.0. The topological polar surface area (TPSA) is 90.5 Å². The molecular formula is C20H32N4O3S. The van der Waals surface area contributed by atoms with Crippen LogP contribution in [0.15, 0.2) is 17.5 Å². The Bertz CT molecular complexity index is 661. The second-order valence-corrected chi connectivity index (χ2v) is 9.17. The first-order valence-corrected chi connectivity index (χ1v) is 10.8. The summed E-state index contributed by atoms with van der Waals surface area (Å²) in [5, 5.41) is 10.6. The van der Waals surface area contributed by atoms with Crippen LogP contribution in [0.3, 0.4) is 0 Å². The van der Waals surface area contributed by atoms with Gasteiger partial charge in [0.05, 0.1) is 4.88 Å². The van der Waals surface area contributed by atoms with E-state index < -0.39 is 6.04 Å². The molecule has 156 valence electrons. The van der Waals surface area contributed by atoms with Crippen molar-refractivity contribution in [1.82, 2.24) is 20.9 Å². The van der Waals surface area contributed by atoms with Crippen LogP contribution in [0.2, 0.25) is 0 Å². The molecule has 2 heterocycles. The molecule has 0 radical (unpaired) electrons. The number of urea groups is 1. The van der Waals surface area contributed by atoms with Crippen LogP contribution in [-0.2, 0) is 4.79 Å².